The monoisotopic (exact) mass is 343 g/mol. The molecule has 134 valence electrons. The number of likely N-dealkylation sites (tertiary alicyclic amines) is 2. The molecule has 6 heteroatoms. The number of aromatic nitrogens is 1. The summed E-state index contributed by atoms with van der Waals surface area (Å²) < 4.78 is 0. The molecule has 1 unspecified atom stereocenters. The molecule has 3 aliphatic rings. The maximum atomic E-state index is 13.1. The van der Waals surface area contributed by atoms with Gasteiger partial charge >= 0.3 is 0 Å². The summed E-state index contributed by atoms with van der Waals surface area (Å²) in [4.78, 5) is 33.1. The molecule has 6 nitrogen and oxygen atoms in total. The van der Waals surface area contributed by atoms with Crippen LogP contribution in [0.2, 0.25) is 0 Å². The van der Waals surface area contributed by atoms with Crippen LogP contribution in [0.4, 0.5) is 0 Å². The first-order chi connectivity index (χ1) is 12.1. The van der Waals surface area contributed by atoms with E-state index < -0.39 is 6.10 Å². The van der Waals surface area contributed by atoms with E-state index in [1.165, 1.54) is 0 Å². The van der Waals surface area contributed by atoms with Crippen molar-refractivity contribution in [3.8, 4) is 0 Å². The number of fused-ring (bicyclic) bond motifs is 1. The third kappa shape index (κ3) is 2.63. The zero-order valence-electron chi connectivity index (χ0n) is 14.4. The van der Waals surface area contributed by atoms with Crippen LogP contribution in [0.3, 0.4) is 0 Å². The number of rotatable bonds is 3. The smallest absolute Gasteiger partial charge is 0.251 e. The number of aliphatic hydroxyl groups excluding tert-OH is 1. The van der Waals surface area contributed by atoms with E-state index in [0.29, 0.717) is 18.9 Å². The first-order valence-electron chi connectivity index (χ1n) is 9.31. The highest BCUT2D eigenvalue weighted by Gasteiger charge is 2.57. The number of pyridine rings is 1. The van der Waals surface area contributed by atoms with Crippen molar-refractivity contribution in [1.29, 1.82) is 0 Å². The van der Waals surface area contributed by atoms with Crippen LogP contribution in [-0.4, -0.2) is 57.4 Å². The van der Waals surface area contributed by atoms with E-state index in [1.54, 1.807) is 11.1 Å². The van der Waals surface area contributed by atoms with Crippen LogP contribution < -0.4 is 0 Å². The van der Waals surface area contributed by atoms with Crippen molar-refractivity contribution in [2.75, 3.05) is 19.6 Å². The van der Waals surface area contributed by atoms with Crippen LogP contribution in [0, 0.1) is 5.92 Å². The van der Waals surface area contributed by atoms with Gasteiger partial charge in [-0.05, 0) is 56.1 Å². The number of nitrogens with zero attached hydrogens (tertiary/aromatic N) is 3. The molecule has 0 aromatic carbocycles. The van der Waals surface area contributed by atoms with Crippen molar-refractivity contribution < 1.29 is 14.7 Å². The lowest BCUT2D eigenvalue weighted by molar-refractivity contribution is -0.149. The predicted molar refractivity (Wildman–Crippen MR) is 91.4 cm³/mol. The predicted octanol–water partition coefficient (Wildman–Crippen LogP) is 1.29. The molecule has 1 aromatic heterocycles. The molecule has 4 rings (SSSR count). The third-order valence-corrected chi connectivity index (χ3v) is 6.27. The maximum Gasteiger partial charge on any atom is 0.251 e. The van der Waals surface area contributed by atoms with E-state index in [1.807, 2.05) is 17.2 Å². The molecule has 1 N–H and O–H groups in total. The fourth-order valence-electron chi connectivity index (χ4n) is 4.84. The molecule has 3 fully saturated rings. The quantitative estimate of drug-likeness (QED) is 0.898. The van der Waals surface area contributed by atoms with Gasteiger partial charge < -0.3 is 14.9 Å². The van der Waals surface area contributed by atoms with Crippen LogP contribution in [0.1, 0.15) is 44.1 Å². The fraction of sp³-hybridized carbons (Fsp3) is 0.632. The second-order valence-electron chi connectivity index (χ2n) is 7.51. The lowest BCUT2D eigenvalue weighted by Gasteiger charge is -2.50. The molecule has 2 saturated heterocycles. The maximum absolute atomic E-state index is 13.1. The lowest BCUT2D eigenvalue weighted by Crippen LogP contribution is -2.56. The molecular formula is C19H25N3O3. The fourth-order valence-corrected chi connectivity index (χ4v) is 4.84. The molecule has 1 aromatic rings. The van der Waals surface area contributed by atoms with Crippen molar-refractivity contribution in [1.82, 2.24) is 14.8 Å². The molecule has 0 bridgehead atoms. The van der Waals surface area contributed by atoms with Gasteiger partial charge in [0.25, 0.3) is 5.91 Å². The largest absolute Gasteiger partial charge is 0.383 e. The Labute approximate surface area is 147 Å². The number of carbonyl (C=O) groups is 2. The van der Waals surface area contributed by atoms with Crippen LogP contribution in [-0.2, 0) is 15.1 Å². The topological polar surface area (TPSA) is 73.7 Å². The molecule has 2 aliphatic heterocycles. The Kier molecular flexibility index (Phi) is 4.23. The number of hydrogen-bond donors (Lipinski definition) is 1. The minimum Gasteiger partial charge on any atom is -0.383 e. The van der Waals surface area contributed by atoms with Gasteiger partial charge in [-0.1, -0.05) is 6.07 Å². The van der Waals surface area contributed by atoms with Crippen LogP contribution >= 0.6 is 0 Å². The van der Waals surface area contributed by atoms with Crippen LogP contribution in [0.25, 0.3) is 0 Å². The molecule has 3 atom stereocenters. The van der Waals surface area contributed by atoms with Crippen molar-refractivity contribution in [2.24, 2.45) is 5.92 Å². The van der Waals surface area contributed by atoms with Crippen molar-refractivity contribution in [3.63, 3.8) is 0 Å². The molecule has 2 amide bonds. The first-order valence-corrected chi connectivity index (χ1v) is 9.31. The molecule has 0 spiro atoms. The van der Waals surface area contributed by atoms with E-state index in [2.05, 4.69) is 11.1 Å². The molecule has 1 aliphatic carbocycles. The second kappa shape index (κ2) is 6.41. The summed E-state index contributed by atoms with van der Waals surface area (Å²) in [5.41, 5.74) is 0.873. The Morgan fingerprint density at radius 1 is 1.28 bits per heavy atom. The highest BCUT2D eigenvalue weighted by Crippen LogP contribution is 2.56. The normalized spacial score (nSPS) is 32.1. The van der Waals surface area contributed by atoms with Gasteiger partial charge in [-0.15, -0.1) is 0 Å². The summed E-state index contributed by atoms with van der Waals surface area (Å²) in [5.74, 6) is 0.185. The van der Waals surface area contributed by atoms with E-state index >= 15 is 0 Å². The summed E-state index contributed by atoms with van der Waals surface area (Å²) in [6.45, 7) is 1.37. The van der Waals surface area contributed by atoms with Crippen molar-refractivity contribution in [2.45, 2.75) is 50.2 Å². The first kappa shape index (κ1) is 16.5. The van der Waals surface area contributed by atoms with Gasteiger partial charge in [0, 0.05) is 25.5 Å². The summed E-state index contributed by atoms with van der Waals surface area (Å²) in [6.07, 6.45) is 7.94. The van der Waals surface area contributed by atoms with Gasteiger partial charge in [0.2, 0.25) is 5.91 Å². The Morgan fingerprint density at radius 2 is 2.16 bits per heavy atom. The Hall–Kier alpha value is -1.95. The number of carbonyl (C=O) groups excluding carboxylic acids is 2. The summed E-state index contributed by atoms with van der Waals surface area (Å²) in [6, 6.07) is 3.99. The van der Waals surface area contributed by atoms with E-state index in [0.717, 1.165) is 44.2 Å². The Bertz CT molecular complexity index is 665. The van der Waals surface area contributed by atoms with Crippen molar-refractivity contribution in [3.05, 3.63) is 30.1 Å². The molecule has 3 heterocycles. The molecule has 25 heavy (non-hydrogen) atoms. The number of aliphatic hydroxyl groups is 1. The van der Waals surface area contributed by atoms with Gasteiger partial charge in [-0.2, -0.15) is 0 Å². The molecule has 0 radical (unpaired) electrons. The molecule has 1 saturated carbocycles. The highest BCUT2D eigenvalue weighted by atomic mass is 16.3. The van der Waals surface area contributed by atoms with Gasteiger partial charge in [0.1, 0.15) is 6.10 Å². The SMILES string of the molecule is O=C1C(O)CCCCN1CC(=O)N1CC[C@@H]2CC[C@@]21c1cccnc1. The summed E-state index contributed by atoms with van der Waals surface area (Å²) in [5, 5.41) is 9.92. The van der Waals surface area contributed by atoms with E-state index in [-0.39, 0.29) is 23.9 Å². The van der Waals surface area contributed by atoms with Crippen molar-refractivity contribution >= 4 is 11.8 Å². The zero-order chi connectivity index (χ0) is 17.4. The van der Waals surface area contributed by atoms with E-state index in [9.17, 15) is 14.7 Å². The van der Waals surface area contributed by atoms with Gasteiger partial charge in [-0.25, -0.2) is 0 Å². The third-order valence-electron chi connectivity index (χ3n) is 6.27. The van der Waals surface area contributed by atoms with Gasteiger partial charge in [-0.3, -0.25) is 14.6 Å². The second-order valence-corrected chi connectivity index (χ2v) is 7.51. The standard InChI is InChI=1S/C19H25N3O3/c23-16-5-1-2-10-21(18(16)25)13-17(24)22-11-7-14-6-8-19(14,22)15-4-3-9-20-12-15/h3-4,9,12,14,16,23H,1-2,5-8,10-11,13H2/t14-,16?,19-/m0/s1. The zero-order valence-corrected chi connectivity index (χ0v) is 14.4. The van der Waals surface area contributed by atoms with Gasteiger partial charge in [0.15, 0.2) is 0 Å². The van der Waals surface area contributed by atoms with Crippen LogP contribution in [0.15, 0.2) is 24.5 Å². The van der Waals surface area contributed by atoms with Gasteiger partial charge in [0.05, 0.1) is 12.1 Å². The Morgan fingerprint density at radius 3 is 2.88 bits per heavy atom. The average Bonchev–Trinajstić information content (AvgIpc) is 2.77. The lowest BCUT2D eigenvalue weighted by atomic mass is 9.64. The minimum absolute atomic E-state index is 0.00602. The highest BCUT2D eigenvalue weighted by molar-refractivity contribution is 5.87. The van der Waals surface area contributed by atoms with Crippen LogP contribution in [0.5, 0.6) is 0 Å². The number of amides is 2. The minimum atomic E-state index is -0.961. The Balaban J connectivity index is 1.54. The average molecular weight is 343 g/mol. The molecular weight excluding hydrogens is 318 g/mol. The van der Waals surface area contributed by atoms with E-state index in [4.69, 9.17) is 0 Å². The summed E-state index contributed by atoms with van der Waals surface area (Å²) in [7, 11) is 0. The summed E-state index contributed by atoms with van der Waals surface area (Å²) >= 11 is 0. The number of hydrogen-bond acceptors (Lipinski definition) is 4.